The van der Waals surface area contributed by atoms with E-state index in [9.17, 15) is 9.59 Å². The van der Waals surface area contributed by atoms with Gasteiger partial charge in [0.15, 0.2) is 0 Å². The van der Waals surface area contributed by atoms with Crippen LogP contribution in [0.4, 0.5) is 0 Å². The Kier molecular flexibility index (Phi) is 5.18. The van der Waals surface area contributed by atoms with E-state index < -0.39 is 0 Å². The number of carbonyl (C=O) groups excluding carboxylic acids is 1. The minimum absolute atomic E-state index is 0.0373. The number of para-hydroxylation sites is 2. The molecule has 0 unspecified atom stereocenters. The lowest BCUT2D eigenvalue weighted by atomic mass is 9.91. The van der Waals surface area contributed by atoms with Gasteiger partial charge in [0.2, 0.25) is 5.91 Å². The second kappa shape index (κ2) is 8.00. The van der Waals surface area contributed by atoms with Gasteiger partial charge in [0, 0.05) is 32.2 Å². The number of fused-ring (bicyclic) bond motifs is 2. The summed E-state index contributed by atoms with van der Waals surface area (Å²) in [5.41, 5.74) is 4.45. The number of hydrogen-bond donors (Lipinski definition) is 1. The highest BCUT2D eigenvalue weighted by molar-refractivity contribution is 5.82. The van der Waals surface area contributed by atoms with Crippen molar-refractivity contribution in [2.24, 2.45) is 0 Å². The van der Waals surface area contributed by atoms with Gasteiger partial charge in [-0.2, -0.15) is 0 Å². The van der Waals surface area contributed by atoms with Crippen LogP contribution >= 0.6 is 0 Å². The summed E-state index contributed by atoms with van der Waals surface area (Å²) in [7, 11) is 0. The first-order valence-corrected chi connectivity index (χ1v) is 11.3. The summed E-state index contributed by atoms with van der Waals surface area (Å²) in [4.78, 5) is 33.1. The Hall–Kier alpha value is -2.86. The third-order valence-electron chi connectivity index (χ3n) is 7.15. The number of aromatic amines is 1. The number of piperidine rings is 1. The van der Waals surface area contributed by atoms with Gasteiger partial charge in [0.05, 0.1) is 17.1 Å². The molecule has 3 aromatic rings. The zero-order valence-corrected chi connectivity index (χ0v) is 18.3. The maximum Gasteiger partial charge on any atom is 0.326 e. The lowest BCUT2D eigenvalue weighted by Gasteiger charge is -2.40. The van der Waals surface area contributed by atoms with Crippen molar-refractivity contribution in [1.82, 2.24) is 19.4 Å². The van der Waals surface area contributed by atoms with E-state index >= 15 is 0 Å². The van der Waals surface area contributed by atoms with Gasteiger partial charge >= 0.3 is 5.69 Å². The highest BCUT2D eigenvalue weighted by atomic mass is 16.2. The molecule has 2 atom stereocenters. The molecule has 5 rings (SSSR count). The van der Waals surface area contributed by atoms with Crippen LogP contribution in [0.1, 0.15) is 49.8 Å². The van der Waals surface area contributed by atoms with Crippen LogP contribution in [0.2, 0.25) is 0 Å². The Morgan fingerprint density at radius 3 is 2.58 bits per heavy atom. The summed E-state index contributed by atoms with van der Waals surface area (Å²) in [6.45, 7) is 7.36. The Balaban J connectivity index is 1.26. The fourth-order valence-electron chi connectivity index (χ4n) is 5.41. The number of imidazole rings is 1. The van der Waals surface area contributed by atoms with Crippen molar-refractivity contribution >= 4 is 16.9 Å². The molecule has 2 aliphatic rings. The van der Waals surface area contributed by atoms with Gasteiger partial charge in [-0.15, -0.1) is 0 Å². The van der Waals surface area contributed by atoms with Gasteiger partial charge < -0.3 is 9.88 Å². The minimum atomic E-state index is -0.141. The van der Waals surface area contributed by atoms with Crippen molar-refractivity contribution in [3.8, 4) is 0 Å². The summed E-state index contributed by atoms with van der Waals surface area (Å²) in [5.74, 6) is 0.574. The normalized spacial score (nSPS) is 21.2. The highest BCUT2D eigenvalue weighted by Gasteiger charge is 2.33. The standard InChI is InChI=1S/C25H30N4O2/c1-17-15-28(16-19-7-3-4-8-21(17)19)24(30)18(2)27-13-11-20(12-14-27)29-23-10-6-5-9-22(23)26-25(29)31/h3-10,17-18,20H,11-16H2,1-2H3,(H,26,31)/t17-,18+/m1/s1. The number of nitrogens with one attached hydrogen (secondary N) is 1. The Morgan fingerprint density at radius 2 is 1.77 bits per heavy atom. The molecule has 0 radical (unpaired) electrons. The van der Waals surface area contributed by atoms with Crippen molar-refractivity contribution < 1.29 is 4.79 Å². The number of hydrogen-bond acceptors (Lipinski definition) is 3. The summed E-state index contributed by atoms with van der Waals surface area (Å²) in [6.07, 6.45) is 1.75. The van der Waals surface area contributed by atoms with Crippen molar-refractivity contribution in [1.29, 1.82) is 0 Å². The maximum absolute atomic E-state index is 13.3. The van der Waals surface area contributed by atoms with E-state index in [2.05, 4.69) is 41.1 Å². The van der Waals surface area contributed by atoms with Crippen LogP contribution in [-0.4, -0.2) is 50.9 Å². The molecule has 1 aromatic heterocycles. The monoisotopic (exact) mass is 418 g/mol. The van der Waals surface area contributed by atoms with Crippen LogP contribution in [0.5, 0.6) is 0 Å². The molecule has 0 saturated carbocycles. The second-order valence-corrected chi connectivity index (χ2v) is 9.08. The predicted molar refractivity (Wildman–Crippen MR) is 122 cm³/mol. The molecule has 1 N–H and O–H groups in total. The minimum Gasteiger partial charge on any atom is -0.336 e. The molecule has 162 valence electrons. The van der Waals surface area contributed by atoms with Crippen molar-refractivity contribution in [2.45, 2.75) is 51.2 Å². The zero-order chi connectivity index (χ0) is 21.5. The van der Waals surface area contributed by atoms with Crippen LogP contribution in [-0.2, 0) is 11.3 Å². The van der Waals surface area contributed by atoms with Crippen molar-refractivity contribution in [2.75, 3.05) is 19.6 Å². The molecule has 31 heavy (non-hydrogen) atoms. The lowest BCUT2D eigenvalue weighted by Crippen LogP contribution is -2.51. The number of rotatable bonds is 3. The topological polar surface area (TPSA) is 61.3 Å². The number of likely N-dealkylation sites (tertiary alicyclic amines) is 1. The van der Waals surface area contributed by atoms with Crippen molar-refractivity contribution in [3.05, 3.63) is 70.1 Å². The first-order valence-electron chi connectivity index (χ1n) is 11.3. The van der Waals surface area contributed by atoms with Crippen LogP contribution in [0, 0.1) is 0 Å². The lowest BCUT2D eigenvalue weighted by molar-refractivity contribution is -0.138. The summed E-state index contributed by atoms with van der Waals surface area (Å²) in [5, 5.41) is 0. The first kappa shape index (κ1) is 20.1. The molecule has 1 fully saturated rings. The fourth-order valence-corrected chi connectivity index (χ4v) is 5.41. The van der Waals surface area contributed by atoms with Gasteiger partial charge in [-0.1, -0.05) is 43.3 Å². The molecule has 2 aromatic carbocycles. The molecular weight excluding hydrogens is 388 g/mol. The average Bonchev–Trinajstić information content (AvgIpc) is 3.14. The SMILES string of the molecule is C[C@@H]1CN(C(=O)[C@H](C)N2CCC(n3c(=O)[nH]c4ccccc43)CC2)Cc2ccccc21. The smallest absolute Gasteiger partial charge is 0.326 e. The molecule has 1 amide bonds. The molecule has 0 spiro atoms. The van der Waals surface area contributed by atoms with Crippen molar-refractivity contribution in [3.63, 3.8) is 0 Å². The second-order valence-electron chi connectivity index (χ2n) is 9.08. The summed E-state index contributed by atoms with van der Waals surface area (Å²) >= 11 is 0. The molecule has 1 saturated heterocycles. The van der Waals surface area contributed by atoms with Gasteiger partial charge in [-0.3, -0.25) is 14.3 Å². The predicted octanol–water partition coefficient (Wildman–Crippen LogP) is 3.50. The van der Waals surface area contributed by atoms with Gasteiger partial charge in [-0.25, -0.2) is 4.79 Å². The first-order chi connectivity index (χ1) is 15.0. The Bertz CT molecular complexity index is 1160. The van der Waals surface area contributed by atoms with Gasteiger partial charge in [0.1, 0.15) is 0 Å². The molecule has 2 aliphatic heterocycles. The van der Waals surface area contributed by atoms with E-state index in [1.54, 1.807) is 0 Å². The van der Waals surface area contributed by atoms with E-state index in [1.807, 2.05) is 40.7 Å². The van der Waals surface area contributed by atoms with E-state index in [0.29, 0.717) is 12.5 Å². The number of aromatic nitrogens is 2. The Morgan fingerprint density at radius 1 is 1.06 bits per heavy atom. The van der Waals surface area contributed by atoms with E-state index in [-0.39, 0.29) is 23.7 Å². The molecule has 0 aliphatic carbocycles. The summed E-state index contributed by atoms with van der Waals surface area (Å²) in [6, 6.07) is 16.4. The highest BCUT2D eigenvalue weighted by Crippen LogP contribution is 2.30. The fraction of sp³-hybridized carbons (Fsp3) is 0.440. The third-order valence-corrected chi connectivity index (χ3v) is 7.15. The van der Waals surface area contributed by atoms with E-state index in [1.165, 1.54) is 11.1 Å². The molecule has 0 bridgehead atoms. The number of carbonyl (C=O) groups is 1. The van der Waals surface area contributed by atoms with Gasteiger partial charge in [0.25, 0.3) is 0 Å². The third kappa shape index (κ3) is 3.59. The number of H-pyrrole nitrogens is 1. The average molecular weight is 419 g/mol. The van der Waals surface area contributed by atoms with E-state index in [0.717, 1.165) is 43.5 Å². The van der Waals surface area contributed by atoms with Crippen LogP contribution in [0.25, 0.3) is 11.0 Å². The maximum atomic E-state index is 13.3. The zero-order valence-electron chi connectivity index (χ0n) is 18.3. The van der Waals surface area contributed by atoms with Gasteiger partial charge in [-0.05, 0) is 48.9 Å². The largest absolute Gasteiger partial charge is 0.336 e. The molecule has 3 heterocycles. The van der Waals surface area contributed by atoms with Crippen LogP contribution in [0.3, 0.4) is 0 Å². The van der Waals surface area contributed by atoms with Crippen LogP contribution < -0.4 is 5.69 Å². The number of nitrogens with zero attached hydrogens (tertiary/aromatic N) is 3. The number of benzene rings is 2. The molecule has 6 nitrogen and oxygen atoms in total. The molecular formula is C25H30N4O2. The molecule has 6 heteroatoms. The van der Waals surface area contributed by atoms with E-state index in [4.69, 9.17) is 0 Å². The number of amides is 1. The van der Waals surface area contributed by atoms with Crippen LogP contribution in [0.15, 0.2) is 53.3 Å². The Labute approximate surface area is 182 Å². The summed E-state index contributed by atoms with van der Waals surface area (Å²) < 4.78 is 1.91. The quantitative estimate of drug-likeness (QED) is 0.708.